The van der Waals surface area contributed by atoms with Crippen LogP contribution in [0.4, 0.5) is 30.6 Å². The third-order valence-corrected chi connectivity index (χ3v) is 5.71. The second kappa shape index (κ2) is 12.1. The summed E-state index contributed by atoms with van der Waals surface area (Å²) in [4.78, 5) is 26.7. The Balaban J connectivity index is 2.11. The summed E-state index contributed by atoms with van der Waals surface area (Å²) in [5, 5.41) is 15.0. The fourth-order valence-corrected chi connectivity index (χ4v) is 4.21. The van der Waals surface area contributed by atoms with Crippen molar-refractivity contribution in [2.24, 2.45) is 11.8 Å². The maximum Gasteiger partial charge on any atom is 0.336 e. The molecule has 196 valence electrons. The van der Waals surface area contributed by atoms with Gasteiger partial charge in [-0.3, -0.25) is 0 Å². The van der Waals surface area contributed by atoms with Gasteiger partial charge in [-0.05, 0) is 53.8 Å². The van der Waals surface area contributed by atoms with Crippen molar-refractivity contribution in [2.45, 2.75) is 27.7 Å². The quantitative estimate of drug-likeness (QED) is 0.265. The number of carbonyl (C=O) groups is 2. The van der Waals surface area contributed by atoms with Gasteiger partial charge in [0.15, 0.2) is 0 Å². The predicted molar refractivity (Wildman–Crippen MR) is 145 cm³/mol. The van der Waals surface area contributed by atoms with E-state index in [1.807, 2.05) is 32.6 Å². The van der Waals surface area contributed by atoms with Crippen LogP contribution in [0.25, 0.3) is 11.1 Å². The minimum atomic E-state index is -1.20. The third kappa shape index (κ3) is 7.20. The zero-order valence-electron chi connectivity index (χ0n) is 21.1. The number of carboxylic acids is 1. The van der Waals surface area contributed by atoms with Gasteiger partial charge in [-0.2, -0.15) is 0 Å². The van der Waals surface area contributed by atoms with Crippen LogP contribution in [0.15, 0.2) is 54.6 Å². The number of anilines is 3. The van der Waals surface area contributed by atoms with Gasteiger partial charge in [0.1, 0.15) is 11.6 Å². The van der Waals surface area contributed by atoms with Crippen molar-refractivity contribution >= 4 is 40.7 Å². The van der Waals surface area contributed by atoms with Gasteiger partial charge in [-0.1, -0.05) is 57.5 Å². The molecule has 37 heavy (non-hydrogen) atoms. The van der Waals surface area contributed by atoms with Gasteiger partial charge in [-0.15, -0.1) is 0 Å². The molecule has 0 saturated heterocycles. The molecule has 2 amide bonds. The average molecular weight is 530 g/mol. The predicted octanol–water partition coefficient (Wildman–Crippen LogP) is 7.75. The van der Waals surface area contributed by atoms with Crippen LogP contribution < -0.4 is 15.5 Å². The summed E-state index contributed by atoms with van der Waals surface area (Å²) in [7, 11) is 0. The summed E-state index contributed by atoms with van der Waals surface area (Å²) in [5.41, 5.74) is 0.722. The number of benzene rings is 3. The summed E-state index contributed by atoms with van der Waals surface area (Å²) >= 11 is 5.80. The largest absolute Gasteiger partial charge is 0.478 e. The van der Waals surface area contributed by atoms with E-state index in [0.717, 1.165) is 6.07 Å². The normalized spacial score (nSPS) is 11.1. The van der Waals surface area contributed by atoms with E-state index in [2.05, 4.69) is 10.6 Å². The molecule has 3 N–H and O–H groups in total. The summed E-state index contributed by atoms with van der Waals surface area (Å²) in [5.74, 6) is -2.07. The number of amides is 2. The number of nitrogens with zero attached hydrogens (tertiary/aromatic N) is 1. The third-order valence-electron chi connectivity index (χ3n) is 5.47. The van der Waals surface area contributed by atoms with Crippen molar-refractivity contribution in [3.05, 3.63) is 76.8 Å². The molecule has 0 atom stereocenters. The highest BCUT2D eigenvalue weighted by Gasteiger charge is 2.22. The fourth-order valence-electron chi connectivity index (χ4n) is 4.05. The maximum atomic E-state index is 15.6. The summed E-state index contributed by atoms with van der Waals surface area (Å²) < 4.78 is 29.8. The lowest BCUT2D eigenvalue weighted by Gasteiger charge is -2.31. The van der Waals surface area contributed by atoms with E-state index < -0.39 is 23.6 Å². The zero-order chi connectivity index (χ0) is 27.3. The molecule has 0 aromatic heterocycles. The number of carboxylic acid groups (broad SMARTS) is 1. The van der Waals surface area contributed by atoms with Crippen LogP contribution in [-0.2, 0) is 0 Å². The lowest BCUT2D eigenvalue weighted by molar-refractivity contribution is 0.0697. The van der Waals surface area contributed by atoms with Crippen molar-refractivity contribution < 1.29 is 23.5 Å². The summed E-state index contributed by atoms with van der Waals surface area (Å²) in [6.07, 6.45) is 0. The van der Waals surface area contributed by atoms with E-state index in [9.17, 15) is 19.1 Å². The van der Waals surface area contributed by atoms with Crippen LogP contribution >= 0.6 is 11.6 Å². The standard InChI is InChI=1S/C28H30ClF2N3O3/c1-16(2)14-34(15-17(3)4)26-13-22(30)21(19-7-5-6-8-20(19)27(35)36)12-25(26)33-28(37)32-24-10-9-18(29)11-23(24)31/h5-13,16-17H,14-15H2,1-4H3,(H,35,36)(H2,32,33,37). The van der Waals surface area contributed by atoms with Crippen LogP contribution in [-0.4, -0.2) is 30.2 Å². The molecule has 0 aliphatic carbocycles. The van der Waals surface area contributed by atoms with Crippen molar-refractivity contribution in [1.29, 1.82) is 0 Å². The number of rotatable bonds is 9. The van der Waals surface area contributed by atoms with E-state index in [4.69, 9.17) is 11.6 Å². The van der Waals surface area contributed by atoms with Gasteiger partial charge >= 0.3 is 12.0 Å². The van der Waals surface area contributed by atoms with E-state index >= 15 is 4.39 Å². The van der Waals surface area contributed by atoms with Gasteiger partial charge in [0.2, 0.25) is 0 Å². The zero-order valence-corrected chi connectivity index (χ0v) is 21.9. The molecule has 0 spiro atoms. The highest BCUT2D eigenvalue weighted by molar-refractivity contribution is 6.30. The van der Waals surface area contributed by atoms with Crippen LogP contribution in [0.5, 0.6) is 0 Å². The van der Waals surface area contributed by atoms with Gasteiger partial charge in [0, 0.05) is 23.7 Å². The SMILES string of the molecule is CC(C)CN(CC(C)C)c1cc(F)c(-c2ccccc2C(=O)O)cc1NC(=O)Nc1ccc(Cl)cc1F. The average Bonchev–Trinajstić information content (AvgIpc) is 2.80. The van der Waals surface area contributed by atoms with Crippen molar-refractivity contribution in [3.63, 3.8) is 0 Å². The molecule has 0 unspecified atom stereocenters. The van der Waals surface area contributed by atoms with Gasteiger partial charge in [0.25, 0.3) is 0 Å². The number of hydrogen-bond acceptors (Lipinski definition) is 3. The van der Waals surface area contributed by atoms with E-state index in [1.165, 1.54) is 36.4 Å². The van der Waals surface area contributed by atoms with Gasteiger partial charge in [0.05, 0.1) is 22.6 Å². The van der Waals surface area contributed by atoms with Crippen molar-refractivity contribution in [1.82, 2.24) is 0 Å². The molecule has 0 radical (unpaired) electrons. The Kier molecular flexibility index (Phi) is 9.10. The number of urea groups is 1. The molecule has 0 heterocycles. The lowest BCUT2D eigenvalue weighted by Crippen LogP contribution is -2.32. The van der Waals surface area contributed by atoms with Crippen LogP contribution in [0.3, 0.4) is 0 Å². The molecule has 3 aromatic carbocycles. The van der Waals surface area contributed by atoms with E-state index in [1.54, 1.807) is 12.1 Å². The Morgan fingerprint density at radius 1 is 0.865 bits per heavy atom. The Morgan fingerprint density at radius 2 is 1.49 bits per heavy atom. The number of halogens is 3. The summed E-state index contributed by atoms with van der Waals surface area (Å²) in [6, 6.07) is 11.9. The first-order valence-corrected chi connectivity index (χ1v) is 12.3. The van der Waals surface area contributed by atoms with E-state index in [0.29, 0.717) is 18.8 Å². The Hall–Kier alpha value is -3.65. The molecule has 0 aliphatic rings. The van der Waals surface area contributed by atoms with Crippen LogP contribution in [0, 0.1) is 23.5 Å². The highest BCUT2D eigenvalue weighted by Crippen LogP contribution is 2.36. The minimum Gasteiger partial charge on any atom is -0.478 e. The number of nitrogens with one attached hydrogen (secondary N) is 2. The monoisotopic (exact) mass is 529 g/mol. The smallest absolute Gasteiger partial charge is 0.336 e. The molecule has 3 aromatic rings. The fraction of sp³-hybridized carbons (Fsp3) is 0.286. The number of aromatic carboxylic acids is 1. The maximum absolute atomic E-state index is 15.6. The molecular weight excluding hydrogens is 500 g/mol. The topological polar surface area (TPSA) is 81.7 Å². The van der Waals surface area contributed by atoms with Crippen molar-refractivity contribution in [3.8, 4) is 11.1 Å². The molecule has 6 nitrogen and oxygen atoms in total. The molecule has 9 heteroatoms. The number of carbonyl (C=O) groups excluding carboxylic acids is 1. The highest BCUT2D eigenvalue weighted by atomic mass is 35.5. The first kappa shape index (κ1) is 27.9. The van der Waals surface area contributed by atoms with Gasteiger partial charge < -0.3 is 20.6 Å². The summed E-state index contributed by atoms with van der Waals surface area (Å²) in [6.45, 7) is 9.30. The molecule has 3 rings (SSSR count). The van der Waals surface area contributed by atoms with Crippen molar-refractivity contribution in [2.75, 3.05) is 28.6 Å². The van der Waals surface area contributed by atoms with Gasteiger partial charge in [-0.25, -0.2) is 18.4 Å². The molecule has 0 saturated carbocycles. The van der Waals surface area contributed by atoms with Crippen LogP contribution in [0.2, 0.25) is 5.02 Å². The minimum absolute atomic E-state index is 0.0174. The second-order valence-corrected chi connectivity index (χ2v) is 10.0. The molecule has 0 bridgehead atoms. The Morgan fingerprint density at radius 3 is 2.08 bits per heavy atom. The number of hydrogen-bond donors (Lipinski definition) is 3. The first-order valence-electron chi connectivity index (χ1n) is 11.9. The molecule has 0 fully saturated rings. The first-order chi connectivity index (χ1) is 17.5. The molecule has 0 aliphatic heterocycles. The Bertz CT molecular complexity index is 1290. The lowest BCUT2D eigenvalue weighted by atomic mass is 9.97. The van der Waals surface area contributed by atoms with E-state index in [-0.39, 0.29) is 44.9 Å². The molecular formula is C28H30ClF2N3O3. The van der Waals surface area contributed by atoms with Crippen LogP contribution in [0.1, 0.15) is 38.1 Å². The Labute approximate surface area is 220 Å². The second-order valence-electron chi connectivity index (χ2n) is 9.60.